The lowest BCUT2D eigenvalue weighted by molar-refractivity contribution is 0.0766. The van der Waals surface area contributed by atoms with Crippen molar-refractivity contribution in [2.24, 2.45) is 0 Å². The number of carbonyl (C=O) groups excluding carboxylic acids is 1. The Morgan fingerprint density at radius 1 is 1.15 bits per heavy atom. The highest BCUT2D eigenvalue weighted by molar-refractivity contribution is 7.89. The molecule has 1 N–H and O–H groups in total. The molecule has 0 unspecified atom stereocenters. The molecule has 26 heavy (non-hydrogen) atoms. The molecule has 0 aliphatic carbocycles. The Labute approximate surface area is 155 Å². The first-order chi connectivity index (χ1) is 12.5. The summed E-state index contributed by atoms with van der Waals surface area (Å²) >= 11 is 0. The van der Waals surface area contributed by atoms with Crippen LogP contribution in [0.4, 0.5) is 0 Å². The predicted octanol–water partition coefficient (Wildman–Crippen LogP) is 2.86. The summed E-state index contributed by atoms with van der Waals surface area (Å²) in [5.41, 5.74) is 1.52. The second kappa shape index (κ2) is 9.31. The van der Waals surface area contributed by atoms with Crippen molar-refractivity contribution in [3.63, 3.8) is 0 Å². The normalized spacial score (nSPS) is 11.1. The fraction of sp³-hybridized carbons (Fsp3) is 0.250. The zero-order chi connectivity index (χ0) is 19.0. The van der Waals surface area contributed by atoms with Crippen LogP contribution in [-0.4, -0.2) is 38.9 Å². The van der Waals surface area contributed by atoms with Gasteiger partial charge in [-0.25, -0.2) is 13.1 Å². The molecule has 2 aromatic carbocycles. The van der Waals surface area contributed by atoms with Crippen LogP contribution in [0, 0.1) is 0 Å². The van der Waals surface area contributed by atoms with E-state index in [1.54, 1.807) is 17.0 Å². The summed E-state index contributed by atoms with van der Waals surface area (Å²) in [6, 6.07) is 16.1. The lowest BCUT2D eigenvalue weighted by Gasteiger charge is -2.21. The number of benzene rings is 2. The number of hydrogen-bond acceptors (Lipinski definition) is 3. The maximum absolute atomic E-state index is 12.8. The molecule has 0 fully saturated rings. The monoisotopic (exact) mass is 372 g/mol. The van der Waals surface area contributed by atoms with E-state index >= 15 is 0 Å². The highest BCUT2D eigenvalue weighted by atomic mass is 32.2. The van der Waals surface area contributed by atoms with Gasteiger partial charge in [0.05, 0.1) is 4.90 Å². The standard InChI is InChI=1S/C20H24N2O3S/c1-3-14-21-26(24,25)19-12-8-11-18(16-19)20(23)22(4-2)15-13-17-9-6-5-7-10-17/h3,5-12,16,21H,1,4,13-15H2,2H3. The molecule has 6 heteroatoms. The Balaban J connectivity index is 2.14. The summed E-state index contributed by atoms with van der Waals surface area (Å²) in [5.74, 6) is -0.177. The average Bonchev–Trinajstić information content (AvgIpc) is 2.67. The molecular formula is C20H24N2O3S. The minimum absolute atomic E-state index is 0.0734. The van der Waals surface area contributed by atoms with Gasteiger partial charge in [-0.15, -0.1) is 6.58 Å². The van der Waals surface area contributed by atoms with Crippen LogP contribution in [0.25, 0.3) is 0 Å². The van der Waals surface area contributed by atoms with Gasteiger partial charge in [0.1, 0.15) is 0 Å². The summed E-state index contributed by atoms with van der Waals surface area (Å²) < 4.78 is 26.9. The van der Waals surface area contributed by atoms with E-state index in [0.29, 0.717) is 18.7 Å². The second-order valence-corrected chi connectivity index (χ2v) is 7.56. The molecule has 2 rings (SSSR count). The molecule has 0 aliphatic heterocycles. The summed E-state index contributed by atoms with van der Waals surface area (Å²) in [4.78, 5) is 14.6. The van der Waals surface area contributed by atoms with Gasteiger partial charge in [-0.3, -0.25) is 4.79 Å². The van der Waals surface area contributed by atoms with Crippen LogP contribution in [0.5, 0.6) is 0 Å². The molecule has 0 heterocycles. The first-order valence-electron chi connectivity index (χ1n) is 8.51. The van der Waals surface area contributed by atoms with E-state index in [-0.39, 0.29) is 17.3 Å². The highest BCUT2D eigenvalue weighted by Crippen LogP contribution is 2.14. The molecule has 0 aliphatic rings. The van der Waals surface area contributed by atoms with Crippen molar-refractivity contribution < 1.29 is 13.2 Å². The summed E-state index contributed by atoms with van der Waals surface area (Å²) in [6.45, 7) is 6.67. The molecule has 0 radical (unpaired) electrons. The topological polar surface area (TPSA) is 66.5 Å². The van der Waals surface area contributed by atoms with E-state index in [1.807, 2.05) is 37.3 Å². The van der Waals surface area contributed by atoms with Gasteiger partial charge in [-0.1, -0.05) is 42.5 Å². The van der Waals surface area contributed by atoms with Crippen LogP contribution in [0.3, 0.4) is 0 Å². The third kappa shape index (κ3) is 5.28. The van der Waals surface area contributed by atoms with Crippen LogP contribution < -0.4 is 4.72 Å². The zero-order valence-electron chi connectivity index (χ0n) is 14.9. The first kappa shape index (κ1) is 19.9. The molecule has 1 amide bonds. The quantitative estimate of drug-likeness (QED) is 0.688. The van der Waals surface area contributed by atoms with Crippen molar-refractivity contribution in [3.8, 4) is 0 Å². The smallest absolute Gasteiger partial charge is 0.253 e. The number of hydrogen-bond donors (Lipinski definition) is 1. The lowest BCUT2D eigenvalue weighted by atomic mass is 10.1. The number of rotatable bonds is 9. The summed E-state index contributed by atoms with van der Waals surface area (Å²) in [7, 11) is -3.66. The minimum atomic E-state index is -3.66. The first-order valence-corrected chi connectivity index (χ1v) is 10.00. The number of likely N-dealkylation sites (N-methyl/N-ethyl adjacent to an activating group) is 1. The maximum Gasteiger partial charge on any atom is 0.253 e. The van der Waals surface area contributed by atoms with E-state index in [2.05, 4.69) is 11.3 Å². The van der Waals surface area contributed by atoms with Crippen molar-refractivity contribution in [3.05, 3.63) is 78.4 Å². The third-order valence-corrected chi connectivity index (χ3v) is 5.41. The molecule has 0 saturated carbocycles. The van der Waals surface area contributed by atoms with Gasteiger partial charge in [0.15, 0.2) is 0 Å². The Morgan fingerprint density at radius 3 is 2.54 bits per heavy atom. The molecule has 0 atom stereocenters. The van der Waals surface area contributed by atoms with Crippen molar-refractivity contribution in [2.45, 2.75) is 18.2 Å². The van der Waals surface area contributed by atoms with E-state index in [1.165, 1.54) is 18.2 Å². The largest absolute Gasteiger partial charge is 0.339 e. The van der Waals surface area contributed by atoms with Crippen molar-refractivity contribution in [1.82, 2.24) is 9.62 Å². The number of sulfonamides is 1. The van der Waals surface area contributed by atoms with E-state index in [0.717, 1.165) is 12.0 Å². The Morgan fingerprint density at radius 2 is 1.88 bits per heavy atom. The van der Waals surface area contributed by atoms with Crippen molar-refractivity contribution in [2.75, 3.05) is 19.6 Å². The lowest BCUT2D eigenvalue weighted by Crippen LogP contribution is -2.33. The molecule has 138 valence electrons. The number of carbonyl (C=O) groups is 1. The van der Waals surface area contributed by atoms with Crippen molar-refractivity contribution in [1.29, 1.82) is 0 Å². The fourth-order valence-electron chi connectivity index (χ4n) is 2.54. The van der Waals surface area contributed by atoms with Gasteiger partial charge in [0, 0.05) is 25.2 Å². The number of amides is 1. The predicted molar refractivity (Wildman–Crippen MR) is 104 cm³/mol. The third-order valence-electron chi connectivity index (χ3n) is 3.99. The minimum Gasteiger partial charge on any atom is -0.339 e. The van der Waals surface area contributed by atoms with Crippen LogP contribution in [-0.2, 0) is 16.4 Å². The average molecular weight is 372 g/mol. The van der Waals surface area contributed by atoms with Gasteiger partial charge in [0.2, 0.25) is 10.0 Å². The van der Waals surface area contributed by atoms with Gasteiger partial charge in [-0.05, 0) is 37.1 Å². The Bertz CT molecular complexity index is 848. The molecule has 0 saturated heterocycles. The summed E-state index contributed by atoms with van der Waals surface area (Å²) in [5, 5.41) is 0. The molecule has 0 bridgehead atoms. The molecule has 5 nitrogen and oxygen atoms in total. The Kier molecular flexibility index (Phi) is 7.12. The highest BCUT2D eigenvalue weighted by Gasteiger charge is 2.18. The van der Waals surface area contributed by atoms with Crippen molar-refractivity contribution >= 4 is 15.9 Å². The van der Waals surface area contributed by atoms with E-state index in [9.17, 15) is 13.2 Å². The second-order valence-electron chi connectivity index (χ2n) is 5.79. The zero-order valence-corrected chi connectivity index (χ0v) is 15.7. The van der Waals surface area contributed by atoms with Gasteiger partial charge in [-0.2, -0.15) is 0 Å². The number of nitrogens with one attached hydrogen (secondary N) is 1. The Hall–Kier alpha value is -2.44. The van der Waals surface area contributed by atoms with E-state index < -0.39 is 10.0 Å². The van der Waals surface area contributed by atoms with Crippen LogP contribution >= 0.6 is 0 Å². The van der Waals surface area contributed by atoms with E-state index in [4.69, 9.17) is 0 Å². The SMILES string of the molecule is C=CCNS(=O)(=O)c1cccc(C(=O)N(CC)CCc2ccccc2)c1. The molecule has 2 aromatic rings. The van der Waals surface area contributed by atoms with Gasteiger partial charge in [0.25, 0.3) is 5.91 Å². The van der Waals surface area contributed by atoms with Gasteiger partial charge < -0.3 is 4.90 Å². The molecular weight excluding hydrogens is 348 g/mol. The summed E-state index contributed by atoms with van der Waals surface area (Å²) in [6.07, 6.45) is 2.22. The maximum atomic E-state index is 12.8. The molecule has 0 aromatic heterocycles. The molecule has 0 spiro atoms. The van der Waals surface area contributed by atoms with Gasteiger partial charge >= 0.3 is 0 Å². The van der Waals surface area contributed by atoms with Crippen LogP contribution in [0.15, 0.2) is 72.1 Å². The van der Waals surface area contributed by atoms with Crippen LogP contribution in [0.2, 0.25) is 0 Å². The van der Waals surface area contributed by atoms with Crippen LogP contribution in [0.1, 0.15) is 22.8 Å². The fourth-order valence-corrected chi connectivity index (χ4v) is 3.59. The number of nitrogens with zero attached hydrogens (tertiary/aromatic N) is 1.